The Bertz CT molecular complexity index is 1100. The first-order valence-corrected chi connectivity index (χ1v) is 10.1. The lowest BCUT2D eigenvalue weighted by Crippen LogP contribution is -2.32. The Kier molecular flexibility index (Phi) is 4.47. The van der Waals surface area contributed by atoms with Crippen LogP contribution in [0.3, 0.4) is 0 Å². The fraction of sp³-hybridized carbons (Fsp3) is 0.364. The van der Waals surface area contributed by atoms with Crippen LogP contribution in [-0.4, -0.2) is 25.8 Å². The summed E-state index contributed by atoms with van der Waals surface area (Å²) in [5.74, 6) is 2.08. The summed E-state index contributed by atoms with van der Waals surface area (Å²) in [5.41, 5.74) is 3.78. The van der Waals surface area contributed by atoms with Gasteiger partial charge < -0.3 is 9.88 Å². The van der Waals surface area contributed by atoms with Gasteiger partial charge in [-0.3, -0.25) is 0 Å². The van der Waals surface area contributed by atoms with Crippen molar-refractivity contribution in [3.05, 3.63) is 58.8 Å². The van der Waals surface area contributed by atoms with E-state index in [2.05, 4.69) is 26.2 Å². The van der Waals surface area contributed by atoms with E-state index >= 15 is 0 Å². The van der Waals surface area contributed by atoms with Crippen molar-refractivity contribution in [3.63, 3.8) is 0 Å². The molecule has 146 valence electrons. The van der Waals surface area contributed by atoms with Crippen molar-refractivity contribution in [2.75, 3.05) is 5.32 Å². The molecule has 3 aromatic rings. The Morgan fingerprint density at radius 2 is 1.93 bits per heavy atom. The molecule has 1 aliphatic carbocycles. The van der Waals surface area contributed by atoms with Gasteiger partial charge in [-0.2, -0.15) is 5.26 Å². The van der Waals surface area contributed by atoms with Crippen LogP contribution in [0.4, 0.5) is 10.2 Å². The molecule has 1 N–H and O–H groups in total. The molecule has 0 bridgehead atoms. The standard InChI is InChI=1S/C22H21FN6/c23-17-7-5-14(6-8-17)22-28-27-20-10-9-18(13-29(20)22)25-21-16(12-24)11-15-3-1-2-4-19(15)26-21/h5-8,11,18H,1-4,9-10,13H2,(H,25,26). The molecule has 0 saturated heterocycles. The minimum absolute atomic E-state index is 0.124. The fourth-order valence-corrected chi connectivity index (χ4v) is 4.28. The quantitative estimate of drug-likeness (QED) is 0.741. The summed E-state index contributed by atoms with van der Waals surface area (Å²) in [7, 11) is 0. The van der Waals surface area contributed by atoms with Gasteiger partial charge in [0.2, 0.25) is 0 Å². The van der Waals surface area contributed by atoms with Crippen molar-refractivity contribution < 1.29 is 4.39 Å². The summed E-state index contributed by atoms with van der Waals surface area (Å²) >= 11 is 0. The molecule has 0 saturated carbocycles. The second-order valence-corrected chi connectivity index (χ2v) is 7.75. The number of fused-ring (bicyclic) bond motifs is 2. The van der Waals surface area contributed by atoms with Gasteiger partial charge in [0.15, 0.2) is 5.82 Å². The van der Waals surface area contributed by atoms with Crippen LogP contribution in [0.5, 0.6) is 0 Å². The van der Waals surface area contributed by atoms with E-state index in [0.29, 0.717) is 17.9 Å². The molecule has 2 aliphatic rings. The summed E-state index contributed by atoms with van der Waals surface area (Å²) in [6.45, 7) is 0.679. The Morgan fingerprint density at radius 1 is 1.10 bits per heavy atom. The van der Waals surface area contributed by atoms with E-state index in [0.717, 1.165) is 61.4 Å². The van der Waals surface area contributed by atoms with Gasteiger partial charge in [-0.25, -0.2) is 9.37 Å². The van der Waals surface area contributed by atoms with Crippen LogP contribution in [0.25, 0.3) is 11.4 Å². The maximum atomic E-state index is 13.3. The van der Waals surface area contributed by atoms with Gasteiger partial charge in [-0.1, -0.05) is 0 Å². The number of anilines is 1. The van der Waals surface area contributed by atoms with Crippen LogP contribution in [0, 0.1) is 17.1 Å². The molecule has 5 rings (SSSR count). The summed E-state index contributed by atoms with van der Waals surface area (Å²) in [6, 6.07) is 10.7. The first-order valence-electron chi connectivity index (χ1n) is 10.1. The van der Waals surface area contributed by atoms with Gasteiger partial charge in [0.25, 0.3) is 0 Å². The Hall–Kier alpha value is -3.27. The molecule has 29 heavy (non-hydrogen) atoms. The van der Waals surface area contributed by atoms with E-state index in [1.165, 1.54) is 17.7 Å². The third-order valence-electron chi connectivity index (χ3n) is 5.81. The zero-order valence-corrected chi connectivity index (χ0v) is 16.0. The first-order chi connectivity index (χ1) is 14.2. The molecular weight excluding hydrogens is 367 g/mol. The van der Waals surface area contributed by atoms with Gasteiger partial charge in [-0.05, 0) is 68.0 Å². The summed E-state index contributed by atoms with van der Waals surface area (Å²) in [6.07, 6.45) is 5.98. The zero-order valence-electron chi connectivity index (χ0n) is 16.0. The second-order valence-electron chi connectivity index (χ2n) is 7.75. The average molecular weight is 388 g/mol. The lowest BCUT2D eigenvalue weighted by molar-refractivity contribution is 0.478. The average Bonchev–Trinajstić information content (AvgIpc) is 3.17. The molecule has 1 aromatic carbocycles. The molecule has 2 aromatic heterocycles. The van der Waals surface area contributed by atoms with Crippen molar-refractivity contribution in [2.24, 2.45) is 0 Å². The van der Waals surface area contributed by atoms with Gasteiger partial charge in [-0.15, -0.1) is 10.2 Å². The van der Waals surface area contributed by atoms with Crippen molar-refractivity contribution in [1.82, 2.24) is 19.7 Å². The minimum atomic E-state index is -0.269. The van der Waals surface area contributed by atoms with E-state index in [4.69, 9.17) is 4.98 Å². The third kappa shape index (κ3) is 3.35. The highest BCUT2D eigenvalue weighted by molar-refractivity contribution is 5.57. The Labute approximate surface area is 168 Å². The highest BCUT2D eigenvalue weighted by Crippen LogP contribution is 2.28. The molecule has 0 amide bonds. The maximum absolute atomic E-state index is 13.3. The fourth-order valence-electron chi connectivity index (χ4n) is 4.28. The molecule has 1 atom stereocenters. The lowest BCUT2D eigenvalue weighted by Gasteiger charge is -2.27. The molecule has 3 heterocycles. The van der Waals surface area contributed by atoms with Gasteiger partial charge >= 0.3 is 0 Å². The molecule has 0 radical (unpaired) electrons. The van der Waals surface area contributed by atoms with Crippen LogP contribution in [0.1, 0.15) is 41.9 Å². The number of hydrogen-bond donors (Lipinski definition) is 1. The topological polar surface area (TPSA) is 79.4 Å². The van der Waals surface area contributed by atoms with Crippen molar-refractivity contribution in [2.45, 2.75) is 51.1 Å². The summed E-state index contributed by atoms with van der Waals surface area (Å²) in [5, 5.41) is 21.7. The van der Waals surface area contributed by atoms with E-state index in [9.17, 15) is 9.65 Å². The lowest BCUT2D eigenvalue weighted by atomic mass is 9.95. The monoisotopic (exact) mass is 388 g/mol. The maximum Gasteiger partial charge on any atom is 0.164 e. The molecule has 6 nitrogen and oxygen atoms in total. The number of hydrogen-bond acceptors (Lipinski definition) is 5. The molecule has 1 aliphatic heterocycles. The molecule has 0 spiro atoms. The molecule has 7 heteroatoms. The first kappa shape index (κ1) is 17.8. The number of rotatable bonds is 3. The number of nitrogens with zero attached hydrogens (tertiary/aromatic N) is 5. The highest BCUT2D eigenvalue weighted by atomic mass is 19.1. The summed E-state index contributed by atoms with van der Waals surface area (Å²) in [4.78, 5) is 4.80. The van der Waals surface area contributed by atoms with Crippen LogP contribution in [0.15, 0.2) is 30.3 Å². The number of aromatic nitrogens is 4. The van der Waals surface area contributed by atoms with Crippen LogP contribution in [0.2, 0.25) is 0 Å². The summed E-state index contributed by atoms with van der Waals surface area (Å²) < 4.78 is 15.4. The largest absolute Gasteiger partial charge is 0.364 e. The number of nitrogens with one attached hydrogen (secondary N) is 1. The number of pyridine rings is 1. The molecule has 0 fully saturated rings. The van der Waals surface area contributed by atoms with Gasteiger partial charge in [0.05, 0.1) is 5.56 Å². The second kappa shape index (κ2) is 7.28. The van der Waals surface area contributed by atoms with Crippen LogP contribution >= 0.6 is 0 Å². The van der Waals surface area contributed by atoms with E-state index < -0.39 is 0 Å². The van der Waals surface area contributed by atoms with Crippen LogP contribution in [-0.2, 0) is 25.8 Å². The number of aryl methyl sites for hydroxylation is 3. The predicted molar refractivity (Wildman–Crippen MR) is 107 cm³/mol. The molecular formula is C22H21FN6. The van der Waals surface area contributed by atoms with Crippen molar-refractivity contribution in [1.29, 1.82) is 5.26 Å². The van der Waals surface area contributed by atoms with E-state index in [1.54, 1.807) is 12.1 Å². The van der Waals surface area contributed by atoms with E-state index in [-0.39, 0.29) is 11.9 Å². The van der Waals surface area contributed by atoms with Crippen molar-refractivity contribution in [3.8, 4) is 17.5 Å². The van der Waals surface area contributed by atoms with Crippen molar-refractivity contribution >= 4 is 5.82 Å². The third-order valence-corrected chi connectivity index (χ3v) is 5.81. The zero-order chi connectivity index (χ0) is 19.8. The SMILES string of the molecule is N#Cc1cc2c(nc1NC1CCc3nnc(-c4ccc(F)cc4)n3C1)CCCC2. The normalized spacial score (nSPS) is 17.9. The van der Waals surface area contributed by atoms with Gasteiger partial charge in [0, 0.05) is 30.3 Å². The number of benzene rings is 1. The molecule has 1 unspecified atom stereocenters. The number of nitriles is 1. The Morgan fingerprint density at radius 3 is 2.76 bits per heavy atom. The van der Waals surface area contributed by atoms with E-state index in [1.807, 2.05) is 6.07 Å². The number of halogens is 1. The predicted octanol–water partition coefficient (Wildman–Crippen LogP) is 3.66. The smallest absolute Gasteiger partial charge is 0.164 e. The minimum Gasteiger partial charge on any atom is -0.364 e. The van der Waals surface area contributed by atoms with Gasteiger partial charge in [0.1, 0.15) is 23.5 Å². The van der Waals surface area contributed by atoms with Crippen LogP contribution < -0.4 is 5.32 Å². The Balaban J connectivity index is 1.41. The highest BCUT2D eigenvalue weighted by Gasteiger charge is 2.25.